The molecule has 0 aliphatic heterocycles. The number of carboxylic acid groups (broad SMARTS) is 1. The van der Waals surface area contributed by atoms with Crippen LogP contribution < -0.4 is 0 Å². The number of hydrogen-bond acceptors (Lipinski definition) is 1. The summed E-state index contributed by atoms with van der Waals surface area (Å²) in [6.45, 7) is 0. The molecule has 1 rings (SSSR count). The average molecular weight is 324 g/mol. The van der Waals surface area contributed by atoms with E-state index in [1.54, 1.807) is 0 Å². The molecule has 0 aliphatic carbocycles. The first-order chi connectivity index (χ1) is 6.50. The fraction of sp³-hybridized carbons (Fsp3) is 0. The van der Waals surface area contributed by atoms with E-state index in [1.165, 1.54) is 18.2 Å². The Hall–Kier alpha value is -0.680. The number of carbonyl (C=O) groups is 1. The lowest BCUT2D eigenvalue weighted by molar-refractivity contribution is -0.131. The van der Waals surface area contributed by atoms with Crippen LogP contribution in [0, 0.1) is 5.82 Å². The minimum absolute atomic E-state index is 0.330. The van der Waals surface area contributed by atoms with E-state index in [9.17, 15) is 9.18 Å². The lowest BCUT2D eigenvalue weighted by atomic mass is 10.2. The zero-order valence-corrected chi connectivity index (χ0v) is 9.97. The number of rotatable bonds is 2. The van der Waals surface area contributed by atoms with Gasteiger partial charge < -0.3 is 5.11 Å². The molecule has 0 spiro atoms. The van der Waals surface area contributed by atoms with Crippen LogP contribution in [0.25, 0.3) is 6.08 Å². The van der Waals surface area contributed by atoms with E-state index < -0.39 is 11.8 Å². The van der Waals surface area contributed by atoms with Gasteiger partial charge in [0, 0.05) is 10.5 Å². The Morgan fingerprint density at radius 2 is 2.00 bits per heavy atom. The van der Waals surface area contributed by atoms with Crippen LogP contribution in [0.5, 0.6) is 0 Å². The standard InChI is InChI=1S/C9H5Br2FO2/c10-6-4-7(11)8(12)3-5(6)1-2-9(13)14/h1-4H,(H,13,14). The largest absolute Gasteiger partial charge is 0.478 e. The third-order valence-corrected chi connectivity index (χ3v) is 2.74. The second-order valence-corrected chi connectivity index (χ2v) is 4.17. The van der Waals surface area contributed by atoms with Crippen LogP contribution in [0.1, 0.15) is 5.56 Å². The highest BCUT2D eigenvalue weighted by Crippen LogP contribution is 2.25. The fourth-order valence-corrected chi connectivity index (χ4v) is 1.95. The van der Waals surface area contributed by atoms with Crippen LogP contribution in [0.2, 0.25) is 0 Å². The molecule has 0 amide bonds. The Morgan fingerprint density at radius 3 is 2.57 bits per heavy atom. The molecule has 1 aromatic carbocycles. The Labute approximate surface area is 96.7 Å². The van der Waals surface area contributed by atoms with Crippen molar-refractivity contribution in [2.45, 2.75) is 0 Å². The predicted molar refractivity (Wildman–Crippen MR) is 58.5 cm³/mol. The number of benzene rings is 1. The van der Waals surface area contributed by atoms with Crippen molar-refractivity contribution in [3.05, 3.63) is 38.5 Å². The molecule has 5 heteroatoms. The molecule has 2 nitrogen and oxygen atoms in total. The topological polar surface area (TPSA) is 37.3 Å². The molecular formula is C9H5Br2FO2. The predicted octanol–water partition coefficient (Wildman–Crippen LogP) is 3.45. The van der Waals surface area contributed by atoms with Crippen molar-refractivity contribution in [1.29, 1.82) is 0 Å². The quantitative estimate of drug-likeness (QED) is 0.668. The molecule has 1 N–H and O–H groups in total. The third kappa shape index (κ3) is 2.92. The van der Waals surface area contributed by atoms with Gasteiger partial charge in [0.2, 0.25) is 0 Å². The SMILES string of the molecule is O=C(O)C=Cc1cc(F)c(Br)cc1Br. The minimum Gasteiger partial charge on any atom is -0.478 e. The summed E-state index contributed by atoms with van der Waals surface area (Å²) in [5.74, 6) is -1.50. The molecule has 0 saturated carbocycles. The monoisotopic (exact) mass is 322 g/mol. The van der Waals surface area contributed by atoms with Gasteiger partial charge in [-0.2, -0.15) is 0 Å². The number of aliphatic carboxylic acids is 1. The number of halogens is 3. The summed E-state index contributed by atoms with van der Waals surface area (Å²) in [7, 11) is 0. The molecule has 0 radical (unpaired) electrons. The Kier molecular flexibility index (Phi) is 3.83. The number of hydrogen-bond donors (Lipinski definition) is 1. The fourth-order valence-electron chi connectivity index (χ4n) is 0.827. The van der Waals surface area contributed by atoms with E-state index in [2.05, 4.69) is 31.9 Å². The zero-order chi connectivity index (χ0) is 10.7. The minimum atomic E-state index is -1.07. The van der Waals surface area contributed by atoms with Crippen LogP contribution in [-0.2, 0) is 4.79 Å². The second-order valence-electron chi connectivity index (χ2n) is 2.46. The van der Waals surface area contributed by atoms with Gasteiger partial charge in [0.25, 0.3) is 0 Å². The molecule has 0 heterocycles. The molecule has 0 atom stereocenters. The van der Waals surface area contributed by atoms with Gasteiger partial charge >= 0.3 is 5.97 Å². The average Bonchev–Trinajstić information content (AvgIpc) is 2.09. The van der Waals surface area contributed by atoms with Gasteiger partial charge in [-0.05, 0) is 39.7 Å². The van der Waals surface area contributed by atoms with E-state index in [0.717, 1.165) is 6.08 Å². The Balaban J connectivity index is 3.10. The van der Waals surface area contributed by atoms with Crippen molar-refractivity contribution in [3.63, 3.8) is 0 Å². The molecule has 0 unspecified atom stereocenters. The smallest absolute Gasteiger partial charge is 0.328 e. The maximum absolute atomic E-state index is 13.0. The Bertz CT molecular complexity index is 402. The first-order valence-electron chi connectivity index (χ1n) is 3.56. The molecule has 0 saturated heterocycles. The highest BCUT2D eigenvalue weighted by Gasteiger charge is 2.04. The summed E-state index contributed by atoms with van der Waals surface area (Å²) < 4.78 is 14.0. The van der Waals surface area contributed by atoms with Gasteiger partial charge in [0.15, 0.2) is 0 Å². The van der Waals surface area contributed by atoms with Crippen molar-refractivity contribution in [2.24, 2.45) is 0 Å². The van der Waals surface area contributed by atoms with Gasteiger partial charge in [-0.3, -0.25) is 0 Å². The van der Waals surface area contributed by atoms with Crippen LogP contribution >= 0.6 is 31.9 Å². The molecule has 1 aromatic rings. The summed E-state index contributed by atoms with van der Waals surface area (Å²) in [4.78, 5) is 10.2. The molecular weight excluding hydrogens is 319 g/mol. The Morgan fingerprint density at radius 1 is 1.36 bits per heavy atom. The lowest BCUT2D eigenvalue weighted by Crippen LogP contribution is -1.87. The highest BCUT2D eigenvalue weighted by atomic mass is 79.9. The molecule has 0 bridgehead atoms. The lowest BCUT2D eigenvalue weighted by Gasteiger charge is -2.00. The van der Waals surface area contributed by atoms with Crippen LogP contribution in [0.4, 0.5) is 4.39 Å². The summed E-state index contributed by atoms with van der Waals surface area (Å²) in [5, 5.41) is 8.38. The summed E-state index contributed by atoms with van der Waals surface area (Å²) >= 11 is 6.21. The zero-order valence-electron chi connectivity index (χ0n) is 6.80. The van der Waals surface area contributed by atoms with E-state index in [1.807, 2.05) is 0 Å². The van der Waals surface area contributed by atoms with Crippen molar-refractivity contribution in [3.8, 4) is 0 Å². The van der Waals surface area contributed by atoms with E-state index in [4.69, 9.17) is 5.11 Å². The van der Waals surface area contributed by atoms with Gasteiger partial charge in [-0.15, -0.1) is 0 Å². The molecule has 0 aliphatic rings. The molecule has 0 fully saturated rings. The molecule has 74 valence electrons. The first kappa shape index (κ1) is 11.4. The summed E-state index contributed by atoms with van der Waals surface area (Å²) in [6.07, 6.45) is 2.27. The van der Waals surface area contributed by atoms with Crippen molar-refractivity contribution < 1.29 is 14.3 Å². The van der Waals surface area contributed by atoms with E-state index in [0.29, 0.717) is 14.5 Å². The van der Waals surface area contributed by atoms with Crippen molar-refractivity contribution in [2.75, 3.05) is 0 Å². The first-order valence-corrected chi connectivity index (χ1v) is 5.15. The second kappa shape index (κ2) is 4.70. The van der Waals surface area contributed by atoms with Gasteiger partial charge in [0.05, 0.1) is 4.47 Å². The van der Waals surface area contributed by atoms with E-state index in [-0.39, 0.29) is 0 Å². The summed E-state index contributed by atoms with van der Waals surface area (Å²) in [6, 6.07) is 2.77. The third-order valence-electron chi connectivity index (χ3n) is 1.45. The van der Waals surface area contributed by atoms with Crippen LogP contribution in [-0.4, -0.2) is 11.1 Å². The normalized spacial score (nSPS) is 10.8. The van der Waals surface area contributed by atoms with Crippen molar-refractivity contribution >= 4 is 43.9 Å². The van der Waals surface area contributed by atoms with Gasteiger partial charge in [-0.25, -0.2) is 9.18 Å². The molecule has 0 aromatic heterocycles. The van der Waals surface area contributed by atoms with Crippen molar-refractivity contribution in [1.82, 2.24) is 0 Å². The highest BCUT2D eigenvalue weighted by molar-refractivity contribution is 9.11. The molecule has 14 heavy (non-hydrogen) atoms. The maximum Gasteiger partial charge on any atom is 0.328 e. The summed E-state index contributed by atoms with van der Waals surface area (Å²) in [5.41, 5.74) is 0.480. The maximum atomic E-state index is 13.0. The van der Waals surface area contributed by atoms with Crippen LogP contribution in [0.15, 0.2) is 27.2 Å². The van der Waals surface area contributed by atoms with Gasteiger partial charge in [0.1, 0.15) is 5.82 Å². The number of carboxylic acids is 1. The van der Waals surface area contributed by atoms with Gasteiger partial charge in [-0.1, -0.05) is 15.9 Å². The van der Waals surface area contributed by atoms with E-state index >= 15 is 0 Å². The van der Waals surface area contributed by atoms with Crippen LogP contribution in [0.3, 0.4) is 0 Å².